The zero-order valence-corrected chi connectivity index (χ0v) is 11.1. The Balaban J connectivity index is 2.16. The van der Waals surface area contributed by atoms with Crippen LogP contribution in [0.1, 0.15) is 46.0 Å². The van der Waals surface area contributed by atoms with Gasteiger partial charge in [0, 0.05) is 18.5 Å². The van der Waals surface area contributed by atoms with Gasteiger partial charge in [0.05, 0.1) is 0 Å². The van der Waals surface area contributed by atoms with Crippen LogP contribution in [-0.2, 0) is 4.79 Å². The zero-order chi connectivity index (χ0) is 12.7. The van der Waals surface area contributed by atoms with Crippen LogP contribution >= 0.6 is 0 Å². The van der Waals surface area contributed by atoms with Gasteiger partial charge < -0.3 is 15.3 Å². The third-order valence-electron chi connectivity index (χ3n) is 3.49. The number of carboxylic acids is 1. The van der Waals surface area contributed by atoms with Crippen molar-refractivity contribution in [3.8, 4) is 0 Å². The summed E-state index contributed by atoms with van der Waals surface area (Å²) in [5.41, 5.74) is 0. The van der Waals surface area contributed by atoms with Crippen LogP contribution in [0.2, 0.25) is 0 Å². The van der Waals surface area contributed by atoms with E-state index >= 15 is 0 Å². The lowest BCUT2D eigenvalue weighted by atomic mass is 10.1. The van der Waals surface area contributed by atoms with E-state index in [-0.39, 0.29) is 6.42 Å². The predicted molar refractivity (Wildman–Crippen MR) is 69.2 cm³/mol. The highest BCUT2D eigenvalue weighted by Crippen LogP contribution is 2.13. The standard InChI is InChI=1S/C13H26N2O2/c1-11(2)15-9-4-5-12(7-10-15)14-8-3-6-13(16)17/h11-12,14H,3-10H2,1-2H3,(H,16,17). The predicted octanol–water partition coefficient (Wildman–Crippen LogP) is 1.70. The third-order valence-corrected chi connectivity index (χ3v) is 3.49. The van der Waals surface area contributed by atoms with E-state index in [9.17, 15) is 4.79 Å². The minimum atomic E-state index is -0.696. The van der Waals surface area contributed by atoms with Crippen molar-refractivity contribution in [1.82, 2.24) is 10.2 Å². The number of hydrogen-bond donors (Lipinski definition) is 2. The van der Waals surface area contributed by atoms with Gasteiger partial charge in [-0.3, -0.25) is 4.79 Å². The van der Waals surface area contributed by atoms with Gasteiger partial charge in [0.15, 0.2) is 0 Å². The highest BCUT2D eigenvalue weighted by Gasteiger charge is 2.17. The van der Waals surface area contributed by atoms with Crippen LogP contribution in [0.3, 0.4) is 0 Å². The summed E-state index contributed by atoms with van der Waals surface area (Å²) in [7, 11) is 0. The zero-order valence-electron chi connectivity index (χ0n) is 11.1. The maximum Gasteiger partial charge on any atom is 0.303 e. The van der Waals surface area contributed by atoms with Crippen molar-refractivity contribution in [2.24, 2.45) is 0 Å². The van der Waals surface area contributed by atoms with E-state index in [1.54, 1.807) is 0 Å². The van der Waals surface area contributed by atoms with Gasteiger partial charge >= 0.3 is 5.97 Å². The van der Waals surface area contributed by atoms with Crippen molar-refractivity contribution in [3.63, 3.8) is 0 Å². The quantitative estimate of drug-likeness (QED) is 0.696. The molecule has 1 fully saturated rings. The summed E-state index contributed by atoms with van der Waals surface area (Å²) in [6.07, 6.45) is 4.66. The molecule has 17 heavy (non-hydrogen) atoms. The molecule has 0 saturated carbocycles. The maximum absolute atomic E-state index is 10.4. The SMILES string of the molecule is CC(C)N1CCCC(NCCCC(=O)O)CC1. The van der Waals surface area contributed by atoms with Crippen LogP contribution in [0.4, 0.5) is 0 Å². The molecule has 0 spiro atoms. The molecule has 1 aliphatic heterocycles. The number of likely N-dealkylation sites (tertiary alicyclic amines) is 1. The fourth-order valence-electron chi connectivity index (χ4n) is 2.38. The molecule has 0 aromatic heterocycles. The van der Waals surface area contributed by atoms with Gasteiger partial charge in [0.2, 0.25) is 0 Å². The van der Waals surface area contributed by atoms with E-state index in [0.717, 1.165) is 19.5 Å². The molecule has 4 heteroatoms. The molecule has 4 nitrogen and oxygen atoms in total. The van der Waals surface area contributed by atoms with Crippen molar-refractivity contribution in [2.45, 2.75) is 58.0 Å². The van der Waals surface area contributed by atoms with Crippen LogP contribution in [0.5, 0.6) is 0 Å². The van der Waals surface area contributed by atoms with Gasteiger partial charge in [-0.2, -0.15) is 0 Å². The van der Waals surface area contributed by atoms with Crippen molar-refractivity contribution in [3.05, 3.63) is 0 Å². The largest absolute Gasteiger partial charge is 0.481 e. The highest BCUT2D eigenvalue weighted by atomic mass is 16.4. The van der Waals surface area contributed by atoms with Crippen molar-refractivity contribution < 1.29 is 9.90 Å². The summed E-state index contributed by atoms with van der Waals surface area (Å²) in [6.45, 7) is 7.69. The van der Waals surface area contributed by atoms with E-state index in [0.29, 0.717) is 12.1 Å². The topological polar surface area (TPSA) is 52.6 Å². The van der Waals surface area contributed by atoms with Gasteiger partial charge in [0.25, 0.3) is 0 Å². The normalized spacial score (nSPS) is 22.6. The molecule has 1 atom stereocenters. The number of nitrogens with zero attached hydrogens (tertiary/aromatic N) is 1. The average molecular weight is 242 g/mol. The first-order valence-electron chi connectivity index (χ1n) is 6.79. The number of nitrogens with one attached hydrogen (secondary N) is 1. The van der Waals surface area contributed by atoms with Crippen molar-refractivity contribution in [2.75, 3.05) is 19.6 Å². The maximum atomic E-state index is 10.4. The summed E-state index contributed by atoms with van der Waals surface area (Å²) >= 11 is 0. The molecule has 0 aliphatic carbocycles. The highest BCUT2D eigenvalue weighted by molar-refractivity contribution is 5.66. The molecular weight excluding hydrogens is 216 g/mol. The van der Waals surface area contributed by atoms with E-state index < -0.39 is 5.97 Å². The summed E-state index contributed by atoms with van der Waals surface area (Å²) in [5.74, 6) is -0.696. The van der Waals surface area contributed by atoms with Crippen LogP contribution in [0, 0.1) is 0 Å². The van der Waals surface area contributed by atoms with E-state index in [2.05, 4.69) is 24.1 Å². The molecule has 0 amide bonds. The summed E-state index contributed by atoms with van der Waals surface area (Å²) in [5, 5.41) is 12.0. The average Bonchev–Trinajstić information content (AvgIpc) is 2.49. The van der Waals surface area contributed by atoms with Crippen LogP contribution in [0.15, 0.2) is 0 Å². The molecule has 100 valence electrons. The third kappa shape index (κ3) is 6.03. The van der Waals surface area contributed by atoms with Gasteiger partial charge in [-0.1, -0.05) is 0 Å². The Morgan fingerprint density at radius 3 is 2.82 bits per heavy atom. The van der Waals surface area contributed by atoms with Crippen LogP contribution in [0.25, 0.3) is 0 Å². The molecule has 0 aromatic carbocycles. The van der Waals surface area contributed by atoms with E-state index in [1.165, 1.54) is 25.8 Å². The molecule has 1 unspecified atom stereocenters. The number of rotatable bonds is 6. The van der Waals surface area contributed by atoms with Gasteiger partial charge in [0.1, 0.15) is 0 Å². The number of carboxylic acid groups (broad SMARTS) is 1. The molecule has 1 rings (SSSR count). The van der Waals surface area contributed by atoms with E-state index in [1.807, 2.05) is 0 Å². The van der Waals surface area contributed by atoms with Crippen molar-refractivity contribution >= 4 is 5.97 Å². The Hall–Kier alpha value is -0.610. The smallest absolute Gasteiger partial charge is 0.303 e. The van der Waals surface area contributed by atoms with Crippen LogP contribution < -0.4 is 5.32 Å². The number of hydrogen-bond acceptors (Lipinski definition) is 3. The Bertz CT molecular complexity index is 231. The molecule has 0 bridgehead atoms. The molecule has 0 aromatic rings. The number of carbonyl (C=O) groups is 1. The number of aliphatic carboxylic acids is 1. The summed E-state index contributed by atoms with van der Waals surface area (Å²) < 4.78 is 0. The minimum Gasteiger partial charge on any atom is -0.481 e. The summed E-state index contributed by atoms with van der Waals surface area (Å²) in [4.78, 5) is 12.9. The molecule has 0 radical (unpaired) electrons. The minimum absolute atomic E-state index is 0.276. The fraction of sp³-hybridized carbons (Fsp3) is 0.923. The second kappa shape index (κ2) is 7.67. The fourth-order valence-corrected chi connectivity index (χ4v) is 2.38. The van der Waals surface area contributed by atoms with Crippen molar-refractivity contribution in [1.29, 1.82) is 0 Å². The monoisotopic (exact) mass is 242 g/mol. The second-order valence-corrected chi connectivity index (χ2v) is 5.21. The molecule has 1 saturated heterocycles. The second-order valence-electron chi connectivity index (χ2n) is 5.21. The van der Waals surface area contributed by atoms with Gasteiger partial charge in [-0.05, 0) is 59.2 Å². The van der Waals surface area contributed by atoms with Gasteiger partial charge in [-0.25, -0.2) is 0 Å². The first kappa shape index (κ1) is 14.5. The molecule has 1 aliphatic rings. The lowest BCUT2D eigenvalue weighted by Crippen LogP contribution is -2.34. The molecular formula is C13H26N2O2. The first-order valence-corrected chi connectivity index (χ1v) is 6.79. The first-order chi connectivity index (χ1) is 8.09. The molecule has 2 N–H and O–H groups in total. The lowest BCUT2D eigenvalue weighted by molar-refractivity contribution is -0.137. The molecule has 1 heterocycles. The Morgan fingerprint density at radius 2 is 2.18 bits per heavy atom. The van der Waals surface area contributed by atoms with Crippen LogP contribution in [-0.4, -0.2) is 47.7 Å². The Kier molecular flexibility index (Phi) is 6.52. The van der Waals surface area contributed by atoms with Gasteiger partial charge in [-0.15, -0.1) is 0 Å². The lowest BCUT2D eigenvalue weighted by Gasteiger charge is -2.24. The van der Waals surface area contributed by atoms with E-state index in [4.69, 9.17) is 5.11 Å². The summed E-state index contributed by atoms with van der Waals surface area (Å²) in [6, 6.07) is 1.22. The Morgan fingerprint density at radius 1 is 1.41 bits per heavy atom. The Labute approximate surface area is 104 Å².